The number of rotatable bonds is 4. The molecule has 0 radical (unpaired) electrons. The van der Waals surface area contributed by atoms with Crippen LogP contribution in [0.25, 0.3) is 0 Å². The molecule has 0 saturated carbocycles. The van der Waals surface area contributed by atoms with Gasteiger partial charge in [-0.15, -0.1) is 0 Å². The lowest BCUT2D eigenvalue weighted by molar-refractivity contribution is -0.864. The predicted octanol–water partition coefficient (Wildman–Crippen LogP) is -2.36. The summed E-state index contributed by atoms with van der Waals surface area (Å²) < 4.78 is 0.419. The maximum Gasteiger partial charge on any atom is 0.320 e. The minimum atomic E-state index is -1.00. The van der Waals surface area contributed by atoms with E-state index in [0.717, 1.165) is 0 Å². The molecule has 0 unspecified atom stereocenters. The van der Waals surface area contributed by atoms with Gasteiger partial charge in [-0.2, -0.15) is 0 Å². The number of carboxylic acid groups (broad SMARTS) is 2. The maximum atomic E-state index is 10.1. The van der Waals surface area contributed by atoms with Crippen LogP contribution < -0.4 is 5.11 Å². The normalized spacial score (nSPS) is 11.9. The number of carbonyl (C=O) groups excluding carboxylic acids is 1. The fourth-order valence-corrected chi connectivity index (χ4v) is 0.608. The van der Waals surface area contributed by atoms with Gasteiger partial charge < -0.3 is 25.0 Å². The molecule has 0 aliphatic carbocycles. The van der Waals surface area contributed by atoms with E-state index in [1.807, 2.05) is 0 Å². The molecule has 0 rings (SSSR count). The second-order valence-corrected chi connectivity index (χ2v) is 4.80. The van der Waals surface area contributed by atoms with Crippen LogP contribution in [0.4, 0.5) is 0 Å². The van der Waals surface area contributed by atoms with Crippen LogP contribution in [0.15, 0.2) is 0 Å². The molecule has 7 heteroatoms. The molecule has 0 aromatic rings. The van der Waals surface area contributed by atoms with E-state index in [4.69, 9.17) is 5.11 Å². The average Bonchev–Trinajstić information content (AvgIpc) is 1.98. The fraction of sp³-hybridized carbons (Fsp3) is 0.800. The molecule has 0 aromatic heterocycles. The molecule has 0 spiro atoms. The van der Waals surface area contributed by atoms with Gasteiger partial charge in [-0.3, -0.25) is 9.69 Å². The molecule has 0 heterocycles. The number of carboxylic acids is 2. The average molecular weight is 252 g/mol. The van der Waals surface area contributed by atoms with Crippen molar-refractivity contribution in [3.8, 4) is 0 Å². The van der Waals surface area contributed by atoms with Crippen molar-refractivity contribution in [2.45, 2.75) is 13.0 Å². The Morgan fingerprint density at radius 2 is 1.65 bits per heavy atom. The first-order valence-corrected chi connectivity index (χ1v) is 4.87. The highest BCUT2D eigenvalue weighted by atomic mass is 16.4. The zero-order chi connectivity index (χ0) is 13.5. The summed E-state index contributed by atoms with van der Waals surface area (Å²) >= 11 is 0. The number of quaternary nitrogens is 1. The first-order chi connectivity index (χ1) is 6.97. The number of nitrogens with zero attached hydrogens (tertiary/aromatic N) is 2. The molecular weight excluding hydrogens is 228 g/mol. The Balaban J connectivity index is -0.000000218. The minimum Gasteiger partial charge on any atom is -0.544 e. The van der Waals surface area contributed by atoms with Crippen LogP contribution in [0, 0.1) is 0 Å². The summed E-state index contributed by atoms with van der Waals surface area (Å²) in [6, 6.07) is -0.380. The van der Waals surface area contributed by atoms with Crippen molar-refractivity contribution in [2.24, 2.45) is 0 Å². The van der Waals surface area contributed by atoms with Gasteiger partial charge in [-0.1, -0.05) is 0 Å². The number of aliphatic carboxylic acids is 2. The highest BCUT2D eigenvalue weighted by molar-refractivity contribution is 5.72. The highest BCUT2D eigenvalue weighted by Crippen LogP contribution is 1.88. The molecule has 1 atom stereocenters. The molecule has 0 bridgehead atoms. The van der Waals surface area contributed by atoms with E-state index >= 15 is 0 Å². The van der Waals surface area contributed by atoms with Gasteiger partial charge in [0.15, 0.2) is 0 Å². The standard InChI is InChI=1S/2C5H11NO2.H2O/c1-6(2,3)4-5(7)8;1-4(5(7)8)6(2)3;/h4H2,1-3H3;4H,1-3H3,(H,7,8);1H2/t;4-;/m.0./s1. The summed E-state index contributed by atoms with van der Waals surface area (Å²) in [6.07, 6.45) is 0. The Morgan fingerprint density at radius 1 is 1.29 bits per heavy atom. The summed E-state index contributed by atoms with van der Waals surface area (Å²) in [5.41, 5.74) is 0. The SMILES string of the molecule is C[C@@H](C(=O)O)N(C)C.C[N+](C)(C)CC(=O)[O-].O. The van der Waals surface area contributed by atoms with Crippen LogP contribution >= 0.6 is 0 Å². The van der Waals surface area contributed by atoms with Gasteiger partial charge >= 0.3 is 5.97 Å². The molecule has 0 fully saturated rings. The van der Waals surface area contributed by atoms with Crippen LogP contribution in [0.3, 0.4) is 0 Å². The fourth-order valence-electron chi connectivity index (χ4n) is 0.608. The molecule has 17 heavy (non-hydrogen) atoms. The smallest absolute Gasteiger partial charge is 0.320 e. The summed E-state index contributed by atoms with van der Waals surface area (Å²) in [5, 5.41) is 18.2. The third-order valence-electron chi connectivity index (χ3n) is 1.74. The van der Waals surface area contributed by atoms with E-state index in [1.54, 1.807) is 47.1 Å². The third kappa shape index (κ3) is 17.4. The number of hydrogen-bond donors (Lipinski definition) is 1. The monoisotopic (exact) mass is 252 g/mol. The van der Waals surface area contributed by atoms with Crippen molar-refractivity contribution >= 4 is 11.9 Å². The molecular formula is C10H24N2O5. The zero-order valence-corrected chi connectivity index (χ0v) is 11.4. The highest BCUT2D eigenvalue weighted by Gasteiger charge is 2.11. The maximum absolute atomic E-state index is 10.1. The van der Waals surface area contributed by atoms with Gasteiger partial charge in [-0.25, -0.2) is 0 Å². The largest absolute Gasteiger partial charge is 0.544 e. The van der Waals surface area contributed by atoms with E-state index in [9.17, 15) is 14.7 Å². The Bertz CT molecular complexity index is 235. The van der Waals surface area contributed by atoms with Crippen molar-refractivity contribution < 1.29 is 29.8 Å². The molecule has 3 N–H and O–H groups in total. The van der Waals surface area contributed by atoms with E-state index < -0.39 is 11.9 Å². The van der Waals surface area contributed by atoms with E-state index in [-0.39, 0.29) is 18.1 Å². The molecule has 7 nitrogen and oxygen atoms in total. The Labute approximate surface area is 102 Å². The number of carbonyl (C=O) groups is 2. The van der Waals surface area contributed by atoms with Crippen molar-refractivity contribution in [3.63, 3.8) is 0 Å². The molecule has 0 saturated heterocycles. The molecule has 0 aliphatic heterocycles. The van der Waals surface area contributed by atoms with Gasteiger partial charge in [0, 0.05) is 0 Å². The van der Waals surface area contributed by atoms with Gasteiger partial charge in [0.1, 0.15) is 12.6 Å². The predicted molar refractivity (Wildman–Crippen MR) is 62.3 cm³/mol. The third-order valence-corrected chi connectivity index (χ3v) is 1.74. The van der Waals surface area contributed by atoms with E-state index in [2.05, 4.69) is 0 Å². The quantitative estimate of drug-likeness (QED) is 0.562. The van der Waals surface area contributed by atoms with Crippen LogP contribution in [0.1, 0.15) is 6.92 Å². The molecule has 104 valence electrons. The van der Waals surface area contributed by atoms with Crippen LogP contribution in [-0.4, -0.2) is 79.7 Å². The van der Waals surface area contributed by atoms with Gasteiger partial charge in [-0.05, 0) is 21.0 Å². The first kappa shape index (κ1) is 21.1. The van der Waals surface area contributed by atoms with E-state index in [0.29, 0.717) is 4.48 Å². The topological polar surface area (TPSA) is 112 Å². The summed E-state index contributed by atoms with van der Waals surface area (Å²) in [5.74, 6) is -1.78. The van der Waals surface area contributed by atoms with E-state index in [1.165, 1.54) is 0 Å². The molecule has 0 aromatic carbocycles. The minimum absolute atomic E-state index is 0. The van der Waals surface area contributed by atoms with Crippen molar-refractivity contribution in [3.05, 3.63) is 0 Å². The lowest BCUT2D eigenvalue weighted by Gasteiger charge is -2.23. The first-order valence-electron chi connectivity index (χ1n) is 4.87. The van der Waals surface area contributed by atoms with Crippen molar-refractivity contribution in [2.75, 3.05) is 41.8 Å². The van der Waals surface area contributed by atoms with Gasteiger partial charge in [0.2, 0.25) is 0 Å². The number of hydrogen-bond acceptors (Lipinski definition) is 4. The Morgan fingerprint density at radius 3 is 1.65 bits per heavy atom. The summed E-state index contributed by atoms with van der Waals surface area (Å²) in [4.78, 5) is 21.6. The molecule has 0 aliphatic rings. The lowest BCUT2D eigenvalue weighted by Crippen LogP contribution is -2.45. The van der Waals surface area contributed by atoms with Crippen LogP contribution in [0.2, 0.25) is 0 Å². The second kappa shape index (κ2) is 8.91. The van der Waals surface area contributed by atoms with Crippen molar-refractivity contribution in [1.29, 1.82) is 0 Å². The Hall–Kier alpha value is -1.18. The lowest BCUT2D eigenvalue weighted by atomic mass is 10.3. The number of likely N-dealkylation sites (N-methyl/N-ethyl adjacent to an activating group) is 2. The zero-order valence-electron chi connectivity index (χ0n) is 11.4. The Kier molecular flexibility index (Phi) is 11.1. The van der Waals surface area contributed by atoms with Crippen molar-refractivity contribution in [1.82, 2.24) is 4.90 Å². The summed E-state index contributed by atoms with van der Waals surface area (Å²) in [7, 11) is 8.87. The summed E-state index contributed by atoms with van der Waals surface area (Å²) in [6.45, 7) is 1.71. The van der Waals surface area contributed by atoms with Crippen LogP contribution in [0.5, 0.6) is 0 Å². The molecule has 0 amide bonds. The van der Waals surface area contributed by atoms with Gasteiger partial charge in [0.25, 0.3) is 0 Å². The second-order valence-electron chi connectivity index (χ2n) is 4.80. The van der Waals surface area contributed by atoms with Gasteiger partial charge in [0.05, 0.1) is 27.1 Å². The van der Waals surface area contributed by atoms with Crippen LogP contribution in [-0.2, 0) is 9.59 Å².